The molecule has 0 atom stereocenters. The van der Waals surface area contributed by atoms with Gasteiger partial charge >= 0.3 is 5.97 Å². The summed E-state index contributed by atoms with van der Waals surface area (Å²) < 4.78 is -2.19. The number of anilines is 2. The molecule has 6 nitrogen and oxygen atoms in total. The SMILES string of the molecule is O=C(O)c1ccccc1NC(=O)c1ccccc1NC(=O)C(Cl)(Cl)Cl. The van der Waals surface area contributed by atoms with Crippen LogP contribution in [0.25, 0.3) is 0 Å². The van der Waals surface area contributed by atoms with Crippen LogP contribution in [0.2, 0.25) is 0 Å². The van der Waals surface area contributed by atoms with Gasteiger partial charge in [0.05, 0.1) is 22.5 Å². The molecule has 0 radical (unpaired) electrons. The molecule has 130 valence electrons. The van der Waals surface area contributed by atoms with Gasteiger partial charge in [0.15, 0.2) is 0 Å². The molecule has 0 saturated heterocycles. The molecule has 2 aromatic rings. The Kier molecular flexibility index (Phi) is 5.89. The number of carboxylic acids is 1. The van der Waals surface area contributed by atoms with Gasteiger partial charge in [-0.05, 0) is 24.3 Å². The number of benzene rings is 2. The number of carbonyl (C=O) groups is 3. The molecule has 2 amide bonds. The Morgan fingerprint density at radius 2 is 1.28 bits per heavy atom. The molecule has 2 rings (SSSR count). The number of hydrogen-bond donors (Lipinski definition) is 3. The van der Waals surface area contributed by atoms with Crippen molar-refractivity contribution in [2.45, 2.75) is 3.79 Å². The highest BCUT2D eigenvalue weighted by atomic mass is 35.6. The number of halogens is 3. The molecule has 0 aromatic heterocycles. The van der Waals surface area contributed by atoms with E-state index in [1.54, 1.807) is 18.2 Å². The third-order valence-electron chi connectivity index (χ3n) is 3.08. The first-order valence-electron chi connectivity index (χ1n) is 6.81. The first-order valence-corrected chi connectivity index (χ1v) is 7.94. The molecular weight excluding hydrogens is 391 g/mol. The van der Waals surface area contributed by atoms with Crippen LogP contribution in [0, 0.1) is 0 Å². The average Bonchev–Trinajstić information content (AvgIpc) is 2.54. The first-order chi connectivity index (χ1) is 11.7. The van der Waals surface area contributed by atoms with Crippen LogP contribution in [0.15, 0.2) is 48.5 Å². The highest BCUT2D eigenvalue weighted by molar-refractivity contribution is 6.76. The second kappa shape index (κ2) is 7.74. The summed E-state index contributed by atoms with van der Waals surface area (Å²) in [6.45, 7) is 0. The molecular formula is C16H11Cl3N2O4. The van der Waals surface area contributed by atoms with Crippen molar-refractivity contribution >= 4 is 64.0 Å². The van der Waals surface area contributed by atoms with Crippen LogP contribution in [0.1, 0.15) is 20.7 Å². The third kappa shape index (κ3) is 4.85. The van der Waals surface area contributed by atoms with Crippen molar-refractivity contribution in [2.24, 2.45) is 0 Å². The van der Waals surface area contributed by atoms with E-state index in [1.165, 1.54) is 30.3 Å². The minimum Gasteiger partial charge on any atom is -0.478 e. The Morgan fingerprint density at radius 3 is 1.80 bits per heavy atom. The highest BCUT2D eigenvalue weighted by Gasteiger charge is 2.31. The molecule has 25 heavy (non-hydrogen) atoms. The standard InChI is InChI=1S/C16H11Cl3N2O4/c17-16(18,19)15(25)21-11-7-3-1-5-9(11)13(22)20-12-8-4-2-6-10(12)14(23)24/h1-8H,(H,20,22)(H,21,25)(H,23,24). The number of hydrogen-bond acceptors (Lipinski definition) is 3. The van der Waals surface area contributed by atoms with Crippen molar-refractivity contribution in [1.82, 2.24) is 0 Å². The van der Waals surface area contributed by atoms with E-state index in [-0.39, 0.29) is 22.5 Å². The van der Waals surface area contributed by atoms with Crippen molar-refractivity contribution in [1.29, 1.82) is 0 Å². The number of alkyl halides is 3. The molecule has 0 spiro atoms. The van der Waals surface area contributed by atoms with E-state index < -0.39 is 21.6 Å². The summed E-state index contributed by atoms with van der Waals surface area (Å²) in [5, 5.41) is 14.0. The fourth-order valence-corrected chi connectivity index (χ4v) is 2.09. The van der Waals surface area contributed by atoms with Gasteiger partial charge in [0.1, 0.15) is 0 Å². The van der Waals surface area contributed by atoms with Crippen LogP contribution < -0.4 is 10.6 Å². The van der Waals surface area contributed by atoms with E-state index in [4.69, 9.17) is 39.9 Å². The first kappa shape index (κ1) is 19.1. The molecule has 3 N–H and O–H groups in total. The lowest BCUT2D eigenvalue weighted by atomic mass is 10.1. The van der Waals surface area contributed by atoms with Gasteiger partial charge in [-0.1, -0.05) is 59.1 Å². The number of para-hydroxylation sites is 2. The highest BCUT2D eigenvalue weighted by Crippen LogP contribution is 2.28. The summed E-state index contributed by atoms with van der Waals surface area (Å²) in [6, 6.07) is 12.0. The maximum absolute atomic E-state index is 12.5. The monoisotopic (exact) mass is 400 g/mol. The maximum atomic E-state index is 12.5. The lowest BCUT2D eigenvalue weighted by Crippen LogP contribution is -2.28. The summed E-state index contributed by atoms with van der Waals surface area (Å²) in [5.41, 5.74) is 0.232. The van der Waals surface area contributed by atoms with Gasteiger partial charge in [-0.3, -0.25) is 9.59 Å². The maximum Gasteiger partial charge on any atom is 0.337 e. The van der Waals surface area contributed by atoms with Crippen LogP contribution in [-0.2, 0) is 4.79 Å². The lowest BCUT2D eigenvalue weighted by molar-refractivity contribution is -0.115. The van der Waals surface area contributed by atoms with Crippen molar-refractivity contribution in [3.63, 3.8) is 0 Å². The minimum atomic E-state index is -2.19. The fraction of sp³-hybridized carbons (Fsp3) is 0.0625. The molecule has 0 saturated carbocycles. The van der Waals surface area contributed by atoms with Crippen LogP contribution in [0.5, 0.6) is 0 Å². The van der Waals surface area contributed by atoms with Crippen LogP contribution in [0.4, 0.5) is 11.4 Å². The number of aromatic carboxylic acids is 1. The predicted molar refractivity (Wildman–Crippen MR) is 96.7 cm³/mol. The Balaban J connectivity index is 2.29. The van der Waals surface area contributed by atoms with Crippen molar-refractivity contribution in [3.05, 3.63) is 59.7 Å². The van der Waals surface area contributed by atoms with Crippen LogP contribution in [0.3, 0.4) is 0 Å². The van der Waals surface area contributed by atoms with Crippen molar-refractivity contribution < 1.29 is 19.5 Å². The van der Waals surface area contributed by atoms with Gasteiger partial charge in [0, 0.05) is 0 Å². The van der Waals surface area contributed by atoms with Crippen LogP contribution in [-0.4, -0.2) is 26.7 Å². The average molecular weight is 402 g/mol. The van der Waals surface area contributed by atoms with E-state index in [0.29, 0.717) is 0 Å². The quantitative estimate of drug-likeness (QED) is 0.676. The van der Waals surface area contributed by atoms with Gasteiger partial charge in [-0.15, -0.1) is 0 Å². The van der Waals surface area contributed by atoms with E-state index in [0.717, 1.165) is 0 Å². The third-order valence-corrected chi connectivity index (χ3v) is 3.60. The van der Waals surface area contributed by atoms with Gasteiger partial charge < -0.3 is 15.7 Å². The molecule has 2 aromatic carbocycles. The topological polar surface area (TPSA) is 95.5 Å². The molecule has 0 aliphatic rings. The molecule has 0 aliphatic heterocycles. The Labute approximate surface area is 157 Å². The lowest BCUT2D eigenvalue weighted by Gasteiger charge is -2.15. The van der Waals surface area contributed by atoms with Crippen molar-refractivity contribution in [3.8, 4) is 0 Å². The number of amides is 2. The van der Waals surface area contributed by atoms with Gasteiger partial charge in [0.25, 0.3) is 15.6 Å². The molecule has 0 fully saturated rings. The van der Waals surface area contributed by atoms with E-state index in [9.17, 15) is 14.4 Å². The predicted octanol–water partition coefficient (Wildman–Crippen LogP) is 3.95. The van der Waals surface area contributed by atoms with E-state index in [2.05, 4.69) is 10.6 Å². The number of rotatable bonds is 4. The number of nitrogens with one attached hydrogen (secondary N) is 2. The molecule has 0 aliphatic carbocycles. The van der Waals surface area contributed by atoms with E-state index in [1.807, 2.05) is 0 Å². The van der Waals surface area contributed by atoms with Crippen LogP contribution >= 0.6 is 34.8 Å². The second-order valence-electron chi connectivity index (χ2n) is 4.80. The Bertz CT molecular complexity index is 834. The zero-order chi connectivity index (χ0) is 18.6. The number of carboxylic acid groups (broad SMARTS) is 1. The largest absolute Gasteiger partial charge is 0.478 e. The summed E-state index contributed by atoms with van der Waals surface area (Å²) in [4.78, 5) is 35.5. The Morgan fingerprint density at radius 1 is 0.800 bits per heavy atom. The normalized spacial score (nSPS) is 10.8. The minimum absolute atomic E-state index is 0.0707. The molecule has 0 bridgehead atoms. The van der Waals surface area contributed by atoms with Gasteiger partial charge in [0.2, 0.25) is 0 Å². The smallest absolute Gasteiger partial charge is 0.337 e. The molecule has 0 unspecified atom stereocenters. The summed E-state index contributed by atoms with van der Waals surface area (Å²) in [6.07, 6.45) is 0. The fourth-order valence-electron chi connectivity index (χ4n) is 1.95. The zero-order valence-corrected chi connectivity index (χ0v) is 14.7. The molecule has 0 heterocycles. The summed E-state index contributed by atoms with van der Waals surface area (Å²) in [7, 11) is 0. The number of carbonyl (C=O) groups excluding carboxylic acids is 2. The summed E-state index contributed by atoms with van der Waals surface area (Å²) in [5.74, 6) is -2.74. The van der Waals surface area contributed by atoms with Gasteiger partial charge in [-0.2, -0.15) is 0 Å². The van der Waals surface area contributed by atoms with Crippen molar-refractivity contribution in [2.75, 3.05) is 10.6 Å². The zero-order valence-electron chi connectivity index (χ0n) is 12.4. The summed E-state index contributed by atoms with van der Waals surface area (Å²) >= 11 is 16.5. The van der Waals surface area contributed by atoms with E-state index >= 15 is 0 Å². The second-order valence-corrected chi connectivity index (χ2v) is 7.08. The Hall–Kier alpha value is -2.28. The molecule has 9 heteroatoms. The van der Waals surface area contributed by atoms with Gasteiger partial charge in [-0.25, -0.2) is 4.79 Å².